The first-order chi connectivity index (χ1) is 19.4. The number of hydrogen-bond acceptors (Lipinski definition) is 7. The van der Waals surface area contributed by atoms with Gasteiger partial charge < -0.3 is 13.7 Å². The SMILES string of the molecule is CC(C)(C)[Si](OC[C@H]1OC(n2ccc3c([N+](=O)[O-])cccc32)C[C@@H]1OS(C)(=O)=O)(c1ccccc1)c1ccccc1. The van der Waals surface area contributed by atoms with Crippen LogP contribution in [0.3, 0.4) is 0 Å². The first-order valence-electron chi connectivity index (χ1n) is 13.4. The number of rotatable bonds is 9. The van der Waals surface area contributed by atoms with Gasteiger partial charge in [0.05, 0.1) is 28.7 Å². The fourth-order valence-corrected chi connectivity index (χ4v) is 11.1. The van der Waals surface area contributed by atoms with Crippen LogP contribution in [0.5, 0.6) is 0 Å². The van der Waals surface area contributed by atoms with Crippen LogP contribution < -0.4 is 10.4 Å². The smallest absolute Gasteiger partial charge is 0.278 e. The summed E-state index contributed by atoms with van der Waals surface area (Å²) in [4.78, 5) is 11.1. The van der Waals surface area contributed by atoms with Gasteiger partial charge in [-0.1, -0.05) is 87.5 Å². The highest BCUT2D eigenvalue weighted by Crippen LogP contribution is 2.40. The van der Waals surface area contributed by atoms with Crippen LogP contribution in [0.2, 0.25) is 5.04 Å². The van der Waals surface area contributed by atoms with Crippen molar-refractivity contribution in [2.24, 2.45) is 0 Å². The van der Waals surface area contributed by atoms with Crippen LogP contribution in [0.1, 0.15) is 33.4 Å². The number of fused-ring (bicyclic) bond motifs is 1. The van der Waals surface area contributed by atoms with Crippen LogP contribution in [0.4, 0.5) is 5.69 Å². The topological polar surface area (TPSA) is 110 Å². The molecule has 11 heteroatoms. The fourth-order valence-electron chi connectivity index (χ4n) is 5.90. The van der Waals surface area contributed by atoms with Gasteiger partial charge in [-0.15, -0.1) is 0 Å². The molecule has 3 aromatic carbocycles. The molecule has 41 heavy (non-hydrogen) atoms. The Balaban J connectivity index is 1.52. The average Bonchev–Trinajstić information content (AvgIpc) is 3.52. The molecule has 2 heterocycles. The molecule has 1 aromatic heterocycles. The van der Waals surface area contributed by atoms with E-state index in [0.717, 1.165) is 16.6 Å². The third-order valence-corrected chi connectivity index (χ3v) is 13.2. The Labute approximate surface area is 241 Å². The second-order valence-electron chi connectivity index (χ2n) is 11.4. The number of ether oxygens (including phenoxy) is 1. The molecule has 1 unspecified atom stereocenters. The van der Waals surface area contributed by atoms with Crippen LogP contribution in [-0.2, 0) is 23.5 Å². The molecule has 9 nitrogen and oxygen atoms in total. The zero-order valence-corrected chi connectivity index (χ0v) is 25.3. The Morgan fingerprint density at radius 2 is 1.59 bits per heavy atom. The number of non-ortho nitro benzene ring substituents is 1. The van der Waals surface area contributed by atoms with Crippen molar-refractivity contribution in [3.63, 3.8) is 0 Å². The van der Waals surface area contributed by atoms with E-state index in [9.17, 15) is 18.5 Å². The Morgan fingerprint density at radius 1 is 0.976 bits per heavy atom. The number of nitro benzene ring substituents is 1. The van der Waals surface area contributed by atoms with E-state index < -0.39 is 41.8 Å². The van der Waals surface area contributed by atoms with E-state index in [-0.39, 0.29) is 23.8 Å². The highest BCUT2D eigenvalue weighted by Gasteiger charge is 2.51. The first-order valence-corrected chi connectivity index (χ1v) is 17.2. The minimum Gasteiger partial charge on any atom is -0.405 e. The number of nitro groups is 1. The summed E-state index contributed by atoms with van der Waals surface area (Å²) in [6, 6.07) is 26.9. The van der Waals surface area contributed by atoms with Gasteiger partial charge in [-0.3, -0.25) is 14.3 Å². The lowest BCUT2D eigenvalue weighted by molar-refractivity contribution is -0.383. The summed E-state index contributed by atoms with van der Waals surface area (Å²) < 4.78 is 45.4. The van der Waals surface area contributed by atoms with E-state index in [2.05, 4.69) is 45.0 Å². The van der Waals surface area contributed by atoms with Crippen molar-refractivity contribution in [3.8, 4) is 0 Å². The molecular weight excluding hydrogens is 560 g/mol. The standard InChI is InChI=1S/C30H34N2O7SSi/c1-30(2,3)41(22-12-7-5-8-13-22,23-14-9-6-10-15-23)37-21-28-27(39-40(4,35)36)20-29(38-28)31-19-18-24-25(31)16-11-17-26(24)32(33)34/h5-19,27-29H,20-21H2,1-4H3/t27-,28+,29?/m0/s1. The molecule has 4 aromatic rings. The molecule has 0 amide bonds. The Bertz CT molecular complexity index is 1600. The zero-order valence-electron chi connectivity index (χ0n) is 23.5. The zero-order chi connectivity index (χ0) is 29.4. The van der Waals surface area contributed by atoms with Gasteiger partial charge >= 0.3 is 0 Å². The minimum atomic E-state index is -3.80. The summed E-state index contributed by atoms with van der Waals surface area (Å²) in [5.74, 6) is 0. The van der Waals surface area contributed by atoms with Crippen LogP contribution in [0, 0.1) is 10.1 Å². The van der Waals surface area contributed by atoms with E-state index in [4.69, 9.17) is 13.3 Å². The van der Waals surface area contributed by atoms with Gasteiger partial charge in [0, 0.05) is 18.7 Å². The molecule has 0 saturated carbocycles. The van der Waals surface area contributed by atoms with Crippen molar-refractivity contribution in [1.82, 2.24) is 4.57 Å². The number of aromatic nitrogens is 1. The molecule has 5 rings (SSSR count). The lowest BCUT2D eigenvalue weighted by Crippen LogP contribution is -2.67. The number of benzene rings is 3. The molecule has 1 aliphatic rings. The largest absolute Gasteiger partial charge is 0.405 e. The first kappa shape index (κ1) is 29.1. The van der Waals surface area contributed by atoms with Crippen molar-refractivity contribution in [2.75, 3.05) is 12.9 Å². The van der Waals surface area contributed by atoms with E-state index in [0.29, 0.717) is 10.9 Å². The summed E-state index contributed by atoms with van der Waals surface area (Å²) in [5, 5.41) is 14.0. The van der Waals surface area contributed by atoms with Gasteiger partial charge in [-0.25, -0.2) is 0 Å². The van der Waals surface area contributed by atoms with Crippen molar-refractivity contribution in [3.05, 3.63) is 101 Å². The Kier molecular flexibility index (Phi) is 7.92. The lowest BCUT2D eigenvalue weighted by Gasteiger charge is -2.43. The molecule has 0 bridgehead atoms. The Hall–Kier alpha value is -3.35. The van der Waals surface area contributed by atoms with Gasteiger partial charge in [0.15, 0.2) is 0 Å². The van der Waals surface area contributed by atoms with Crippen molar-refractivity contribution >= 4 is 45.4 Å². The van der Waals surface area contributed by atoms with Crippen molar-refractivity contribution < 1.29 is 26.7 Å². The quantitative estimate of drug-likeness (QED) is 0.119. The highest BCUT2D eigenvalue weighted by atomic mass is 32.2. The third kappa shape index (κ3) is 5.73. The van der Waals surface area contributed by atoms with E-state index in [1.807, 2.05) is 36.4 Å². The predicted octanol–water partition coefficient (Wildman–Crippen LogP) is 4.76. The summed E-state index contributed by atoms with van der Waals surface area (Å²) in [7, 11) is -6.73. The maximum absolute atomic E-state index is 12.3. The molecule has 0 spiro atoms. The molecule has 1 fully saturated rings. The van der Waals surface area contributed by atoms with Crippen LogP contribution >= 0.6 is 0 Å². The molecule has 1 saturated heterocycles. The molecule has 1 aliphatic heterocycles. The maximum atomic E-state index is 12.3. The minimum absolute atomic E-state index is 0.00486. The molecule has 0 radical (unpaired) electrons. The van der Waals surface area contributed by atoms with Gasteiger partial charge in [0.25, 0.3) is 24.1 Å². The lowest BCUT2D eigenvalue weighted by atomic mass is 10.2. The van der Waals surface area contributed by atoms with E-state index >= 15 is 0 Å². The van der Waals surface area contributed by atoms with Crippen LogP contribution in [-0.4, -0.2) is 51.3 Å². The predicted molar refractivity (Wildman–Crippen MR) is 160 cm³/mol. The second-order valence-corrected chi connectivity index (χ2v) is 17.3. The molecule has 216 valence electrons. The summed E-state index contributed by atoms with van der Waals surface area (Å²) in [5.41, 5.74) is 0.616. The maximum Gasteiger partial charge on any atom is 0.278 e. The van der Waals surface area contributed by atoms with Gasteiger partial charge in [0.1, 0.15) is 18.4 Å². The highest BCUT2D eigenvalue weighted by molar-refractivity contribution is 7.86. The number of nitrogens with zero attached hydrogens (tertiary/aromatic N) is 2. The van der Waals surface area contributed by atoms with E-state index in [1.165, 1.54) is 6.07 Å². The molecule has 3 atom stereocenters. The second kappa shape index (κ2) is 11.1. The van der Waals surface area contributed by atoms with Crippen LogP contribution in [0.25, 0.3) is 10.9 Å². The summed E-state index contributed by atoms with van der Waals surface area (Å²) >= 11 is 0. The van der Waals surface area contributed by atoms with Crippen LogP contribution in [0.15, 0.2) is 91.1 Å². The normalized spacial score (nSPS) is 20.0. The average molecular weight is 595 g/mol. The number of hydrogen-bond donors (Lipinski definition) is 0. The molecule has 0 aliphatic carbocycles. The van der Waals surface area contributed by atoms with Crippen molar-refractivity contribution in [2.45, 2.75) is 50.7 Å². The molecular formula is C30H34N2O7SSi. The van der Waals surface area contributed by atoms with E-state index in [1.54, 1.807) is 29.0 Å². The van der Waals surface area contributed by atoms with Gasteiger partial charge in [-0.05, 0) is 27.5 Å². The summed E-state index contributed by atoms with van der Waals surface area (Å²) in [6.07, 6.45) is 0.875. The molecule has 0 N–H and O–H groups in total. The fraction of sp³-hybridized carbons (Fsp3) is 0.333. The van der Waals surface area contributed by atoms with Gasteiger partial charge in [0.2, 0.25) is 0 Å². The van der Waals surface area contributed by atoms with Gasteiger partial charge in [-0.2, -0.15) is 8.42 Å². The summed E-state index contributed by atoms with van der Waals surface area (Å²) in [6.45, 7) is 6.60. The third-order valence-electron chi connectivity index (χ3n) is 7.61. The van der Waals surface area contributed by atoms with Crippen molar-refractivity contribution in [1.29, 1.82) is 0 Å². The monoisotopic (exact) mass is 594 g/mol. The Morgan fingerprint density at radius 3 is 2.12 bits per heavy atom.